The van der Waals surface area contributed by atoms with Crippen LogP contribution in [0.4, 0.5) is 17.1 Å². The minimum Gasteiger partial charge on any atom is -0.505 e. The molecule has 0 bridgehead atoms. The predicted molar refractivity (Wildman–Crippen MR) is 125 cm³/mol. The van der Waals surface area contributed by atoms with Gasteiger partial charge in [-0.3, -0.25) is 4.79 Å². The van der Waals surface area contributed by atoms with Crippen LogP contribution < -0.4 is 5.32 Å². The molecule has 1 amide bonds. The van der Waals surface area contributed by atoms with Gasteiger partial charge in [0.15, 0.2) is 5.75 Å². The van der Waals surface area contributed by atoms with Crippen LogP contribution in [0.5, 0.6) is 5.75 Å². The number of phenols is 1. The summed E-state index contributed by atoms with van der Waals surface area (Å²) in [5.41, 5.74) is 2.19. The molecule has 0 aliphatic carbocycles. The van der Waals surface area contributed by atoms with Crippen molar-refractivity contribution in [2.75, 3.05) is 5.32 Å². The Morgan fingerprint density at radius 3 is 2.48 bits per heavy atom. The van der Waals surface area contributed by atoms with E-state index in [1.165, 1.54) is 0 Å². The summed E-state index contributed by atoms with van der Waals surface area (Å²) in [6, 6.07) is 21.3. The molecule has 0 unspecified atom stereocenters. The number of carbonyl (C=O) groups is 1. The monoisotopic (exact) mass is 449 g/mol. The van der Waals surface area contributed by atoms with Gasteiger partial charge < -0.3 is 10.4 Å². The Labute approximate surface area is 189 Å². The minimum atomic E-state index is -0.449. The number of carbonyl (C=O) groups excluding carboxylic acids is 1. The Morgan fingerprint density at radius 2 is 1.68 bits per heavy atom. The fraction of sp³-hybridized carbons (Fsp3) is 0.0417. The third kappa shape index (κ3) is 4.24. The third-order valence-electron chi connectivity index (χ3n) is 4.82. The Bertz CT molecular complexity index is 1340. The van der Waals surface area contributed by atoms with Gasteiger partial charge in [0.2, 0.25) is 0 Å². The van der Waals surface area contributed by atoms with Crippen LogP contribution in [0.1, 0.15) is 15.9 Å². The Balaban J connectivity index is 1.81. The zero-order chi connectivity index (χ0) is 22.0. The molecule has 0 atom stereocenters. The summed E-state index contributed by atoms with van der Waals surface area (Å²) in [5, 5.41) is 24.1. The van der Waals surface area contributed by atoms with E-state index < -0.39 is 5.91 Å². The largest absolute Gasteiger partial charge is 0.505 e. The number of rotatable bonds is 4. The number of nitrogens with one attached hydrogen (secondary N) is 1. The first-order chi connectivity index (χ1) is 15.0. The molecule has 0 saturated heterocycles. The molecule has 7 heteroatoms. The number of aromatic hydroxyl groups is 1. The average Bonchev–Trinajstić information content (AvgIpc) is 2.77. The van der Waals surface area contributed by atoms with E-state index in [1.54, 1.807) is 36.4 Å². The van der Waals surface area contributed by atoms with Crippen LogP contribution >= 0.6 is 23.2 Å². The number of hydrogen-bond acceptors (Lipinski definition) is 4. The second kappa shape index (κ2) is 8.76. The van der Waals surface area contributed by atoms with Crippen LogP contribution in [0.25, 0.3) is 10.8 Å². The molecule has 0 aliphatic heterocycles. The van der Waals surface area contributed by atoms with E-state index in [0.717, 1.165) is 10.9 Å². The SMILES string of the molecule is Cc1ccccc1NC(=O)c1cc2ccccc2c(N=Nc2cccc(Cl)c2Cl)c1O. The number of aryl methyl sites for hydroxylation is 1. The van der Waals surface area contributed by atoms with Crippen molar-refractivity contribution in [2.24, 2.45) is 10.2 Å². The van der Waals surface area contributed by atoms with Crippen molar-refractivity contribution in [1.29, 1.82) is 0 Å². The van der Waals surface area contributed by atoms with Crippen LogP contribution in [0.3, 0.4) is 0 Å². The van der Waals surface area contributed by atoms with E-state index in [0.29, 0.717) is 21.8 Å². The van der Waals surface area contributed by atoms with E-state index in [1.807, 2.05) is 43.3 Å². The standard InChI is InChI=1S/C24H17Cl2N3O2/c1-14-7-2-5-11-19(14)27-24(31)17-13-15-8-3-4-9-16(15)22(23(17)30)29-28-20-12-6-10-18(25)21(20)26/h2-13,30H,1H3,(H,27,31). The van der Waals surface area contributed by atoms with Crippen LogP contribution in [0.2, 0.25) is 10.0 Å². The number of azo groups is 1. The number of hydrogen-bond donors (Lipinski definition) is 2. The summed E-state index contributed by atoms with van der Waals surface area (Å²) in [6.07, 6.45) is 0. The average molecular weight is 450 g/mol. The maximum absolute atomic E-state index is 13.0. The van der Waals surface area contributed by atoms with Crippen molar-refractivity contribution >= 4 is 56.9 Å². The van der Waals surface area contributed by atoms with Gasteiger partial charge in [0, 0.05) is 11.1 Å². The fourth-order valence-corrected chi connectivity index (χ4v) is 3.50. The van der Waals surface area contributed by atoms with Crippen molar-refractivity contribution in [1.82, 2.24) is 0 Å². The molecule has 0 fully saturated rings. The van der Waals surface area contributed by atoms with Gasteiger partial charge in [-0.15, -0.1) is 10.2 Å². The van der Waals surface area contributed by atoms with Crippen LogP contribution in [0.15, 0.2) is 83.0 Å². The zero-order valence-electron chi connectivity index (χ0n) is 16.4. The van der Waals surface area contributed by atoms with Crippen LogP contribution in [-0.2, 0) is 0 Å². The molecule has 0 saturated carbocycles. The molecule has 4 aromatic carbocycles. The third-order valence-corrected chi connectivity index (χ3v) is 5.63. The first-order valence-electron chi connectivity index (χ1n) is 9.43. The van der Waals surface area contributed by atoms with Gasteiger partial charge in [-0.1, -0.05) is 71.7 Å². The van der Waals surface area contributed by atoms with Gasteiger partial charge in [-0.2, -0.15) is 0 Å². The molecular weight excluding hydrogens is 433 g/mol. The number of para-hydroxylation sites is 1. The minimum absolute atomic E-state index is 0.0908. The molecule has 0 radical (unpaired) electrons. The van der Waals surface area contributed by atoms with Gasteiger partial charge >= 0.3 is 0 Å². The Hall–Kier alpha value is -3.41. The number of amides is 1. The number of halogens is 2. The summed E-state index contributed by atoms with van der Waals surface area (Å²) >= 11 is 12.2. The summed E-state index contributed by atoms with van der Waals surface area (Å²) in [6.45, 7) is 1.89. The van der Waals surface area contributed by atoms with E-state index >= 15 is 0 Å². The number of anilines is 1. The molecule has 154 valence electrons. The Morgan fingerprint density at radius 1 is 0.935 bits per heavy atom. The van der Waals surface area contributed by atoms with Crippen LogP contribution in [0, 0.1) is 6.92 Å². The molecule has 0 heterocycles. The number of nitrogens with zero attached hydrogens (tertiary/aromatic N) is 2. The van der Waals surface area contributed by atoms with Crippen molar-refractivity contribution in [3.05, 3.63) is 94.0 Å². The maximum atomic E-state index is 13.0. The highest BCUT2D eigenvalue weighted by Crippen LogP contribution is 2.41. The molecule has 2 N–H and O–H groups in total. The molecular formula is C24H17Cl2N3O2. The van der Waals surface area contributed by atoms with Crippen molar-refractivity contribution in [3.8, 4) is 5.75 Å². The summed E-state index contributed by atoms with van der Waals surface area (Å²) in [4.78, 5) is 13.0. The lowest BCUT2D eigenvalue weighted by molar-refractivity contribution is 0.102. The molecule has 31 heavy (non-hydrogen) atoms. The van der Waals surface area contributed by atoms with Crippen molar-refractivity contribution in [3.63, 3.8) is 0 Å². The maximum Gasteiger partial charge on any atom is 0.259 e. The second-order valence-electron chi connectivity index (χ2n) is 6.88. The molecule has 0 aliphatic rings. The van der Waals surface area contributed by atoms with Gasteiger partial charge in [0.05, 0.1) is 15.6 Å². The van der Waals surface area contributed by atoms with Crippen molar-refractivity contribution in [2.45, 2.75) is 6.92 Å². The van der Waals surface area contributed by atoms with Gasteiger partial charge in [0.25, 0.3) is 5.91 Å². The smallest absolute Gasteiger partial charge is 0.259 e. The van der Waals surface area contributed by atoms with Crippen molar-refractivity contribution < 1.29 is 9.90 Å². The zero-order valence-corrected chi connectivity index (χ0v) is 17.9. The highest BCUT2D eigenvalue weighted by atomic mass is 35.5. The molecule has 0 spiro atoms. The first kappa shape index (κ1) is 20.8. The topological polar surface area (TPSA) is 74.0 Å². The van der Waals surface area contributed by atoms with E-state index in [9.17, 15) is 9.90 Å². The van der Waals surface area contributed by atoms with Gasteiger partial charge in [-0.05, 0) is 42.1 Å². The Kier molecular flexibility index (Phi) is 5.89. The number of benzene rings is 4. The highest BCUT2D eigenvalue weighted by molar-refractivity contribution is 6.43. The number of phenolic OH excluding ortho intramolecular Hbond substituents is 1. The molecule has 0 aromatic heterocycles. The van der Waals surface area contributed by atoms with Gasteiger partial charge in [0.1, 0.15) is 11.4 Å². The lowest BCUT2D eigenvalue weighted by Crippen LogP contribution is -2.13. The second-order valence-corrected chi connectivity index (χ2v) is 7.67. The lowest BCUT2D eigenvalue weighted by Gasteiger charge is -2.12. The van der Waals surface area contributed by atoms with Crippen LogP contribution in [-0.4, -0.2) is 11.0 Å². The lowest BCUT2D eigenvalue weighted by atomic mass is 10.0. The normalized spacial score (nSPS) is 11.2. The summed E-state index contributed by atoms with van der Waals surface area (Å²) in [7, 11) is 0. The van der Waals surface area contributed by atoms with E-state index in [-0.39, 0.29) is 22.0 Å². The fourth-order valence-electron chi connectivity index (χ4n) is 3.17. The first-order valence-corrected chi connectivity index (χ1v) is 10.2. The predicted octanol–water partition coefficient (Wildman–Crippen LogP) is 7.83. The summed E-state index contributed by atoms with van der Waals surface area (Å²) < 4.78 is 0. The molecule has 4 rings (SSSR count). The molecule has 5 nitrogen and oxygen atoms in total. The summed E-state index contributed by atoms with van der Waals surface area (Å²) in [5.74, 6) is -0.721. The van der Waals surface area contributed by atoms with Gasteiger partial charge in [-0.25, -0.2) is 0 Å². The van der Waals surface area contributed by atoms with E-state index in [4.69, 9.17) is 23.2 Å². The van der Waals surface area contributed by atoms with E-state index in [2.05, 4.69) is 15.5 Å². The quantitative estimate of drug-likeness (QED) is 0.311. The number of fused-ring (bicyclic) bond motifs is 1. The highest BCUT2D eigenvalue weighted by Gasteiger charge is 2.19. The molecule has 4 aromatic rings.